The molecule has 2 heterocycles. The van der Waals surface area contributed by atoms with Crippen LogP contribution >= 0.6 is 11.3 Å². The van der Waals surface area contributed by atoms with Gasteiger partial charge in [0.15, 0.2) is 0 Å². The molecule has 0 radical (unpaired) electrons. The highest BCUT2D eigenvalue weighted by Gasteiger charge is 2.35. The van der Waals surface area contributed by atoms with Gasteiger partial charge in [-0.3, -0.25) is 10.1 Å². The van der Waals surface area contributed by atoms with Crippen LogP contribution < -0.4 is 10.9 Å². The Labute approximate surface area is 109 Å². The van der Waals surface area contributed by atoms with Gasteiger partial charge in [0.25, 0.3) is 0 Å². The fourth-order valence-corrected chi connectivity index (χ4v) is 2.29. The number of rotatable bonds is 2. The highest BCUT2D eigenvalue weighted by Crippen LogP contribution is 2.34. The average molecular weight is 291 g/mol. The van der Waals surface area contributed by atoms with Gasteiger partial charge in [0.05, 0.1) is 10.5 Å². The van der Waals surface area contributed by atoms with Crippen LogP contribution in [0.25, 0.3) is 5.57 Å². The van der Waals surface area contributed by atoms with E-state index >= 15 is 0 Å². The molecule has 0 amide bonds. The van der Waals surface area contributed by atoms with E-state index in [2.05, 4.69) is 5.43 Å². The summed E-state index contributed by atoms with van der Waals surface area (Å²) in [6.45, 7) is 0.123. The molecule has 1 aromatic heterocycles. The molecule has 0 bridgehead atoms. The van der Waals surface area contributed by atoms with E-state index in [0.717, 1.165) is 17.4 Å². The summed E-state index contributed by atoms with van der Waals surface area (Å²) in [5.41, 5.74) is 3.75. The van der Waals surface area contributed by atoms with Gasteiger partial charge in [-0.1, -0.05) is 17.4 Å². The maximum Gasteiger partial charge on any atom is 0.432 e. The Morgan fingerprint density at radius 1 is 1.42 bits per heavy atom. The van der Waals surface area contributed by atoms with E-state index in [0.29, 0.717) is 0 Å². The van der Waals surface area contributed by atoms with Crippen molar-refractivity contribution in [2.24, 2.45) is 0 Å². The maximum absolute atomic E-state index is 12.7. The lowest BCUT2D eigenvalue weighted by atomic mass is 10.1. The fraction of sp³-hybridized carbons (Fsp3) is 0.200. The Bertz CT molecular complexity index is 563. The number of alkyl halides is 3. The molecule has 0 unspecified atom stereocenters. The number of allylic oxidation sites excluding steroid dienone is 3. The van der Waals surface area contributed by atoms with Crippen LogP contribution in [0.4, 0.5) is 18.2 Å². The molecule has 1 aliphatic rings. The molecule has 0 saturated heterocycles. The fourth-order valence-electron chi connectivity index (χ4n) is 1.56. The number of halogens is 3. The van der Waals surface area contributed by atoms with Gasteiger partial charge in [0.2, 0.25) is 0 Å². The summed E-state index contributed by atoms with van der Waals surface area (Å²) < 4.78 is 38.0. The Morgan fingerprint density at radius 3 is 2.79 bits per heavy atom. The van der Waals surface area contributed by atoms with Crippen molar-refractivity contribution in [3.8, 4) is 0 Å². The monoisotopic (exact) mass is 291 g/mol. The average Bonchev–Trinajstić information content (AvgIpc) is 2.65. The van der Waals surface area contributed by atoms with Crippen LogP contribution in [0.15, 0.2) is 29.3 Å². The third-order valence-corrected chi connectivity index (χ3v) is 3.24. The van der Waals surface area contributed by atoms with Crippen LogP contribution in [0, 0.1) is 10.1 Å². The normalized spacial score (nSPS) is 16.2. The van der Waals surface area contributed by atoms with Gasteiger partial charge in [-0.05, 0) is 23.1 Å². The zero-order chi connectivity index (χ0) is 14.0. The van der Waals surface area contributed by atoms with Gasteiger partial charge in [-0.15, -0.1) is 0 Å². The Morgan fingerprint density at radius 2 is 2.16 bits per heavy atom. The molecule has 1 aromatic rings. The van der Waals surface area contributed by atoms with Gasteiger partial charge in [-0.25, -0.2) is 5.43 Å². The van der Waals surface area contributed by atoms with Crippen molar-refractivity contribution >= 4 is 21.9 Å². The van der Waals surface area contributed by atoms with Crippen LogP contribution in [0.2, 0.25) is 0 Å². The molecule has 0 spiro atoms. The van der Waals surface area contributed by atoms with E-state index in [9.17, 15) is 23.3 Å². The first-order valence-corrected chi connectivity index (χ1v) is 5.98. The van der Waals surface area contributed by atoms with E-state index in [-0.39, 0.29) is 22.7 Å². The summed E-state index contributed by atoms with van der Waals surface area (Å²) >= 11 is 0.876. The second-order valence-electron chi connectivity index (χ2n) is 3.62. The van der Waals surface area contributed by atoms with E-state index in [4.69, 9.17) is 0 Å². The summed E-state index contributed by atoms with van der Waals surface area (Å²) in [7, 11) is 0. The number of hydrazine groups is 1. The summed E-state index contributed by atoms with van der Waals surface area (Å²) in [5, 5.41) is 12.1. The van der Waals surface area contributed by atoms with Gasteiger partial charge >= 0.3 is 11.2 Å². The van der Waals surface area contributed by atoms with Crippen molar-refractivity contribution in [2.75, 3.05) is 6.54 Å². The van der Waals surface area contributed by atoms with Crippen LogP contribution in [0.5, 0.6) is 0 Å². The molecule has 0 fully saturated rings. The molecule has 0 saturated carbocycles. The Balaban J connectivity index is 2.45. The van der Waals surface area contributed by atoms with Crippen molar-refractivity contribution in [1.29, 1.82) is 0 Å². The molecule has 0 aliphatic carbocycles. The number of nitrogens with zero attached hydrogens (tertiary/aromatic N) is 1. The first-order chi connectivity index (χ1) is 8.89. The number of hydrogen-bond donors (Lipinski definition) is 2. The molecule has 5 nitrogen and oxygen atoms in total. The third-order valence-electron chi connectivity index (χ3n) is 2.37. The van der Waals surface area contributed by atoms with Crippen molar-refractivity contribution in [3.05, 3.63) is 45.0 Å². The molecule has 2 rings (SSSR count). The molecule has 19 heavy (non-hydrogen) atoms. The molecular formula is C10H8F3N3O2S. The van der Waals surface area contributed by atoms with Crippen molar-refractivity contribution in [2.45, 2.75) is 6.18 Å². The molecule has 0 atom stereocenters. The maximum atomic E-state index is 12.7. The van der Waals surface area contributed by atoms with E-state index in [1.165, 1.54) is 17.5 Å². The molecule has 0 aromatic carbocycles. The minimum Gasteiger partial charge on any atom is -0.317 e. The number of hydrogen-bond acceptors (Lipinski definition) is 5. The summed E-state index contributed by atoms with van der Waals surface area (Å²) in [4.78, 5) is 10.2. The molecule has 102 valence electrons. The molecule has 1 aliphatic heterocycles. The summed E-state index contributed by atoms with van der Waals surface area (Å²) in [6, 6.07) is 1.43. The second kappa shape index (κ2) is 5.02. The lowest BCUT2D eigenvalue weighted by molar-refractivity contribution is -0.380. The van der Waals surface area contributed by atoms with Crippen LogP contribution in [-0.2, 0) is 0 Å². The SMILES string of the molecule is O=[N+]([O-])c1sccc1C1=CCNNC(C(F)(F)F)=C1. The first kappa shape index (κ1) is 13.6. The lowest BCUT2D eigenvalue weighted by Crippen LogP contribution is -2.36. The van der Waals surface area contributed by atoms with Gasteiger partial charge in [-0.2, -0.15) is 13.2 Å². The first-order valence-electron chi connectivity index (χ1n) is 5.10. The molecular weight excluding hydrogens is 283 g/mol. The minimum absolute atomic E-state index is 0.123. The van der Waals surface area contributed by atoms with Gasteiger partial charge in [0.1, 0.15) is 5.70 Å². The van der Waals surface area contributed by atoms with Crippen LogP contribution in [0.3, 0.4) is 0 Å². The Hall–Kier alpha value is -1.87. The topological polar surface area (TPSA) is 67.2 Å². The standard InChI is InChI=1S/C10H8F3N3O2S/c11-10(12,13)8-5-6(1-3-14-15-8)7-2-4-19-9(7)16(17)18/h1-2,4-5,14-15H,3H2. The summed E-state index contributed by atoms with van der Waals surface area (Å²) in [5.74, 6) is 0. The van der Waals surface area contributed by atoms with Gasteiger partial charge < -0.3 is 5.43 Å². The largest absolute Gasteiger partial charge is 0.432 e. The van der Waals surface area contributed by atoms with Crippen molar-refractivity contribution < 1.29 is 18.1 Å². The highest BCUT2D eigenvalue weighted by molar-refractivity contribution is 7.13. The molecule has 2 N–H and O–H groups in total. The predicted molar refractivity (Wildman–Crippen MR) is 64.2 cm³/mol. The zero-order valence-electron chi connectivity index (χ0n) is 9.32. The number of nitro groups is 1. The minimum atomic E-state index is -4.55. The van der Waals surface area contributed by atoms with Gasteiger partial charge in [0, 0.05) is 6.54 Å². The second-order valence-corrected chi connectivity index (χ2v) is 4.51. The highest BCUT2D eigenvalue weighted by atomic mass is 32.1. The van der Waals surface area contributed by atoms with E-state index in [1.54, 1.807) is 0 Å². The van der Waals surface area contributed by atoms with Crippen LogP contribution in [0.1, 0.15) is 5.56 Å². The molecule has 9 heteroatoms. The van der Waals surface area contributed by atoms with Crippen LogP contribution in [-0.4, -0.2) is 17.6 Å². The smallest absolute Gasteiger partial charge is 0.317 e. The van der Waals surface area contributed by atoms with E-state index < -0.39 is 16.8 Å². The van der Waals surface area contributed by atoms with Crippen molar-refractivity contribution in [3.63, 3.8) is 0 Å². The predicted octanol–water partition coefficient (Wildman–Crippen LogP) is 2.59. The quantitative estimate of drug-likeness (QED) is 0.649. The zero-order valence-corrected chi connectivity index (χ0v) is 10.1. The van der Waals surface area contributed by atoms with Crippen molar-refractivity contribution in [1.82, 2.24) is 10.9 Å². The lowest BCUT2D eigenvalue weighted by Gasteiger charge is -2.12. The Kier molecular flexibility index (Phi) is 3.58. The summed E-state index contributed by atoms with van der Waals surface area (Å²) in [6.07, 6.45) is -2.24. The van der Waals surface area contributed by atoms with E-state index in [1.807, 2.05) is 5.43 Å². The third kappa shape index (κ3) is 2.93. The number of nitrogens with one attached hydrogen (secondary N) is 2. The number of thiophene rings is 1.